The average molecular weight is 182 g/mol. The van der Waals surface area contributed by atoms with Gasteiger partial charge in [-0.1, -0.05) is 0 Å². The normalized spacial score (nSPS) is 23.3. The summed E-state index contributed by atoms with van der Waals surface area (Å²) in [4.78, 5) is 0. The van der Waals surface area contributed by atoms with Crippen molar-refractivity contribution < 1.29 is 9.84 Å². The third-order valence-corrected chi connectivity index (χ3v) is 2.29. The van der Waals surface area contributed by atoms with Crippen LogP contribution in [0.3, 0.4) is 0 Å². The van der Waals surface area contributed by atoms with Crippen LogP contribution in [0.1, 0.15) is 31.1 Å². The molecule has 0 bridgehead atoms. The predicted octanol–water partition coefficient (Wildman–Crippen LogP) is 1.07. The summed E-state index contributed by atoms with van der Waals surface area (Å²) < 4.78 is 7.34. The molecule has 0 saturated carbocycles. The summed E-state index contributed by atoms with van der Waals surface area (Å²) in [6, 6.07) is 0. The first-order valence-electron chi connectivity index (χ1n) is 4.65. The minimum Gasteiger partial charge on any atom is -0.392 e. The van der Waals surface area contributed by atoms with Crippen LogP contribution in [0.15, 0.2) is 12.4 Å². The first-order chi connectivity index (χ1) is 6.40. The summed E-state index contributed by atoms with van der Waals surface area (Å²) in [5, 5.41) is 13.0. The Balaban J connectivity index is 2.05. The summed E-state index contributed by atoms with van der Waals surface area (Å²) in [6.07, 6.45) is 6.96. The molecular formula is C9H14N2O2. The van der Waals surface area contributed by atoms with Crippen molar-refractivity contribution in [2.45, 2.75) is 32.1 Å². The monoisotopic (exact) mass is 182 g/mol. The first-order valence-corrected chi connectivity index (χ1v) is 4.65. The molecule has 13 heavy (non-hydrogen) atoms. The molecule has 4 heteroatoms. The molecule has 1 saturated heterocycles. The van der Waals surface area contributed by atoms with Crippen molar-refractivity contribution in [2.24, 2.45) is 0 Å². The summed E-state index contributed by atoms with van der Waals surface area (Å²) in [5.74, 6) is 0. The highest BCUT2D eigenvalue weighted by molar-refractivity contribution is 5.01. The fraction of sp³-hybridized carbons (Fsp3) is 0.667. The highest BCUT2D eigenvalue weighted by atomic mass is 16.5. The maximum Gasteiger partial charge on any atom is 0.150 e. The van der Waals surface area contributed by atoms with E-state index in [0.717, 1.165) is 25.0 Å². The Morgan fingerprint density at radius 2 is 2.54 bits per heavy atom. The van der Waals surface area contributed by atoms with E-state index in [1.165, 1.54) is 6.42 Å². The third-order valence-electron chi connectivity index (χ3n) is 2.29. The van der Waals surface area contributed by atoms with Crippen molar-refractivity contribution in [3.63, 3.8) is 0 Å². The molecule has 1 aliphatic heterocycles. The van der Waals surface area contributed by atoms with Gasteiger partial charge >= 0.3 is 0 Å². The molecule has 4 nitrogen and oxygen atoms in total. The molecule has 1 atom stereocenters. The van der Waals surface area contributed by atoms with Gasteiger partial charge < -0.3 is 9.84 Å². The molecule has 1 aliphatic rings. The molecular weight excluding hydrogens is 168 g/mol. The Kier molecular flexibility index (Phi) is 2.61. The molecule has 2 heterocycles. The zero-order valence-electron chi connectivity index (χ0n) is 7.52. The van der Waals surface area contributed by atoms with Gasteiger partial charge in [-0.05, 0) is 19.3 Å². The van der Waals surface area contributed by atoms with E-state index in [-0.39, 0.29) is 12.8 Å². The van der Waals surface area contributed by atoms with E-state index < -0.39 is 0 Å². The summed E-state index contributed by atoms with van der Waals surface area (Å²) in [6.45, 7) is 0.867. The number of aromatic nitrogens is 2. The zero-order chi connectivity index (χ0) is 9.10. The molecule has 72 valence electrons. The van der Waals surface area contributed by atoms with Crippen molar-refractivity contribution in [2.75, 3.05) is 6.61 Å². The third kappa shape index (κ3) is 1.89. The number of aliphatic hydroxyl groups excluding tert-OH is 1. The zero-order valence-corrected chi connectivity index (χ0v) is 7.52. The van der Waals surface area contributed by atoms with Gasteiger partial charge in [0.2, 0.25) is 0 Å². The molecule has 1 aromatic heterocycles. The van der Waals surface area contributed by atoms with Gasteiger partial charge in [-0.3, -0.25) is 0 Å². The number of nitrogens with zero attached hydrogens (tertiary/aromatic N) is 2. The lowest BCUT2D eigenvalue weighted by atomic mass is 10.2. The smallest absolute Gasteiger partial charge is 0.150 e. The lowest BCUT2D eigenvalue weighted by molar-refractivity contribution is -0.0395. The van der Waals surface area contributed by atoms with Crippen molar-refractivity contribution in [1.82, 2.24) is 9.78 Å². The lowest BCUT2D eigenvalue weighted by Gasteiger charge is -2.22. The summed E-state index contributed by atoms with van der Waals surface area (Å²) in [5.41, 5.74) is 0.842. The minimum atomic E-state index is 0.0483. The Labute approximate surface area is 77.1 Å². The average Bonchev–Trinajstić information content (AvgIpc) is 2.67. The summed E-state index contributed by atoms with van der Waals surface area (Å²) >= 11 is 0. The fourth-order valence-corrected chi connectivity index (χ4v) is 1.55. The molecule has 0 aliphatic carbocycles. The van der Waals surface area contributed by atoms with Gasteiger partial charge in [0.05, 0.1) is 12.8 Å². The molecule has 0 radical (unpaired) electrons. The topological polar surface area (TPSA) is 47.3 Å². The standard InChI is InChI=1S/C9H14N2O2/c12-7-8-5-10-11(6-8)9-3-1-2-4-13-9/h5-6,9,12H,1-4,7H2/t9-/m0/s1. The van der Waals surface area contributed by atoms with Crippen molar-refractivity contribution in [3.05, 3.63) is 18.0 Å². The van der Waals surface area contributed by atoms with Crippen molar-refractivity contribution in [3.8, 4) is 0 Å². The van der Waals surface area contributed by atoms with Crippen LogP contribution < -0.4 is 0 Å². The van der Waals surface area contributed by atoms with E-state index in [1.807, 2.05) is 6.20 Å². The summed E-state index contributed by atoms with van der Waals surface area (Å²) in [7, 11) is 0. The highest BCUT2D eigenvalue weighted by Crippen LogP contribution is 2.21. The van der Waals surface area contributed by atoms with Crippen molar-refractivity contribution in [1.29, 1.82) is 0 Å². The largest absolute Gasteiger partial charge is 0.392 e. The fourth-order valence-electron chi connectivity index (χ4n) is 1.55. The molecule has 0 spiro atoms. The van der Waals surface area contributed by atoms with Crippen LogP contribution in [-0.4, -0.2) is 21.5 Å². The van der Waals surface area contributed by atoms with E-state index in [9.17, 15) is 0 Å². The molecule has 0 unspecified atom stereocenters. The Morgan fingerprint density at radius 3 is 3.15 bits per heavy atom. The van der Waals surface area contributed by atoms with E-state index in [4.69, 9.17) is 9.84 Å². The van der Waals surface area contributed by atoms with Crippen LogP contribution in [0.5, 0.6) is 0 Å². The molecule has 1 aromatic rings. The van der Waals surface area contributed by atoms with Crippen molar-refractivity contribution >= 4 is 0 Å². The van der Waals surface area contributed by atoms with Gasteiger partial charge in [0.1, 0.15) is 6.23 Å². The van der Waals surface area contributed by atoms with E-state index in [2.05, 4.69) is 5.10 Å². The van der Waals surface area contributed by atoms with Gasteiger partial charge in [0, 0.05) is 18.4 Å². The van der Waals surface area contributed by atoms with Crippen LogP contribution in [-0.2, 0) is 11.3 Å². The van der Waals surface area contributed by atoms with Gasteiger partial charge in [-0.15, -0.1) is 0 Å². The maximum absolute atomic E-state index is 8.86. The Morgan fingerprint density at radius 1 is 1.62 bits per heavy atom. The second-order valence-corrected chi connectivity index (χ2v) is 3.31. The molecule has 2 rings (SSSR count). The van der Waals surface area contributed by atoms with E-state index in [1.54, 1.807) is 10.9 Å². The first kappa shape index (κ1) is 8.72. The van der Waals surface area contributed by atoms with Gasteiger partial charge in [0.25, 0.3) is 0 Å². The predicted molar refractivity (Wildman–Crippen MR) is 47.0 cm³/mol. The van der Waals surface area contributed by atoms with E-state index in [0.29, 0.717) is 0 Å². The van der Waals surface area contributed by atoms with Gasteiger partial charge in [0.15, 0.2) is 0 Å². The number of ether oxygens (including phenoxy) is 1. The lowest BCUT2D eigenvalue weighted by Crippen LogP contribution is -2.18. The number of hydrogen-bond acceptors (Lipinski definition) is 3. The van der Waals surface area contributed by atoms with Crippen LogP contribution >= 0.6 is 0 Å². The van der Waals surface area contributed by atoms with Gasteiger partial charge in [-0.2, -0.15) is 5.10 Å². The highest BCUT2D eigenvalue weighted by Gasteiger charge is 2.15. The van der Waals surface area contributed by atoms with E-state index >= 15 is 0 Å². The number of rotatable bonds is 2. The van der Waals surface area contributed by atoms with Gasteiger partial charge in [-0.25, -0.2) is 4.68 Å². The van der Waals surface area contributed by atoms with Crippen LogP contribution in [0.2, 0.25) is 0 Å². The number of hydrogen-bond donors (Lipinski definition) is 1. The molecule has 1 N–H and O–H groups in total. The SMILES string of the molecule is OCc1cnn([C@@H]2CCCCO2)c1. The van der Waals surface area contributed by atoms with Crippen LogP contribution in [0.25, 0.3) is 0 Å². The van der Waals surface area contributed by atoms with Crippen LogP contribution in [0, 0.1) is 0 Å². The number of aliphatic hydroxyl groups is 1. The Bertz CT molecular complexity index is 266. The minimum absolute atomic E-state index is 0.0483. The second kappa shape index (κ2) is 3.89. The Hall–Kier alpha value is -0.870. The molecule has 0 amide bonds. The molecule has 0 aromatic carbocycles. The maximum atomic E-state index is 8.86. The second-order valence-electron chi connectivity index (χ2n) is 3.31. The quantitative estimate of drug-likeness (QED) is 0.744. The van der Waals surface area contributed by atoms with Crippen LogP contribution in [0.4, 0.5) is 0 Å². The molecule has 1 fully saturated rings.